The Hall–Kier alpha value is -0.990. The van der Waals surface area contributed by atoms with E-state index in [0.717, 1.165) is 34.3 Å². The molecule has 1 heterocycles. The van der Waals surface area contributed by atoms with Crippen molar-refractivity contribution in [1.29, 1.82) is 0 Å². The fourth-order valence-electron chi connectivity index (χ4n) is 2.36. The molecule has 1 saturated carbocycles. The summed E-state index contributed by atoms with van der Waals surface area (Å²) in [4.78, 5) is 0. The standard InChI is InChI=1S/C16H20ClNO/c1-10(9-18-14-4-5-14)11(2)16-8-12-7-13(17)3-6-15(12)19-16/h3,6-8,10-11,14,18H,4-5,9H2,1-2H3. The molecule has 0 spiro atoms. The zero-order valence-electron chi connectivity index (χ0n) is 11.4. The van der Waals surface area contributed by atoms with E-state index in [1.54, 1.807) is 0 Å². The molecule has 1 aliphatic rings. The predicted octanol–water partition coefficient (Wildman–Crippen LogP) is 4.58. The second-order valence-electron chi connectivity index (χ2n) is 5.78. The van der Waals surface area contributed by atoms with Crippen LogP contribution in [0.3, 0.4) is 0 Å². The molecule has 0 amide bonds. The van der Waals surface area contributed by atoms with Crippen LogP contribution in [0, 0.1) is 5.92 Å². The molecule has 0 bridgehead atoms. The van der Waals surface area contributed by atoms with E-state index in [4.69, 9.17) is 16.0 Å². The van der Waals surface area contributed by atoms with Crippen LogP contribution < -0.4 is 5.32 Å². The van der Waals surface area contributed by atoms with Crippen molar-refractivity contribution < 1.29 is 4.42 Å². The number of rotatable bonds is 5. The molecule has 1 fully saturated rings. The second-order valence-corrected chi connectivity index (χ2v) is 6.22. The van der Waals surface area contributed by atoms with Gasteiger partial charge in [0.15, 0.2) is 0 Å². The van der Waals surface area contributed by atoms with E-state index in [9.17, 15) is 0 Å². The third-order valence-electron chi connectivity index (χ3n) is 4.11. The minimum Gasteiger partial charge on any atom is -0.461 e. The smallest absolute Gasteiger partial charge is 0.134 e. The minimum absolute atomic E-state index is 0.414. The van der Waals surface area contributed by atoms with Crippen molar-refractivity contribution in [3.8, 4) is 0 Å². The largest absolute Gasteiger partial charge is 0.461 e. The minimum atomic E-state index is 0.414. The molecular weight excluding hydrogens is 258 g/mol. The van der Waals surface area contributed by atoms with Crippen LogP contribution in [0.1, 0.15) is 38.4 Å². The fourth-order valence-corrected chi connectivity index (χ4v) is 2.54. The van der Waals surface area contributed by atoms with Crippen molar-refractivity contribution in [2.45, 2.75) is 38.6 Å². The van der Waals surface area contributed by atoms with E-state index < -0.39 is 0 Å². The molecule has 1 aromatic heterocycles. The molecule has 3 heteroatoms. The van der Waals surface area contributed by atoms with Crippen LogP contribution in [-0.2, 0) is 0 Å². The summed E-state index contributed by atoms with van der Waals surface area (Å²) in [5, 5.41) is 5.44. The summed E-state index contributed by atoms with van der Waals surface area (Å²) in [6, 6.07) is 8.67. The SMILES string of the molecule is CC(CNC1CC1)C(C)c1cc2cc(Cl)ccc2o1. The van der Waals surface area contributed by atoms with Crippen molar-refractivity contribution in [3.63, 3.8) is 0 Å². The van der Waals surface area contributed by atoms with Gasteiger partial charge < -0.3 is 9.73 Å². The lowest BCUT2D eigenvalue weighted by Gasteiger charge is -2.18. The highest BCUT2D eigenvalue weighted by atomic mass is 35.5. The monoisotopic (exact) mass is 277 g/mol. The highest BCUT2D eigenvalue weighted by Gasteiger charge is 2.24. The number of nitrogens with one attached hydrogen (secondary N) is 1. The van der Waals surface area contributed by atoms with E-state index in [1.807, 2.05) is 18.2 Å². The molecule has 2 unspecified atom stereocenters. The van der Waals surface area contributed by atoms with Crippen LogP contribution in [0.25, 0.3) is 11.0 Å². The molecule has 0 radical (unpaired) electrons. The summed E-state index contributed by atoms with van der Waals surface area (Å²) in [6.45, 7) is 5.57. The number of hydrogen-bond donors (Lipinski definition) is 1. The van der Waals surface area contributed by atoms with E-state index >= 15 is 0 Å². The Morgan fingerprint density at radius 1 is 1.32 bits per heavy atom. The second kappa shape index (κ2) is 5.18. The molecule has 102 valence electrons. The number of fused-ring (bicyclic) bond motifs is 1. The molecule has 3 rings (SSSR count). The highest BCUT2D eigenvalue weighted by Crippen LogP contribution is 2.31. The van der Waals surface area contributed by atoms with Gasteiger partial charge in [0, 0.05) is 22.4 Å². The van der Waals surface area contributed by atoms with E-state index in [2.05, 4.69) is 25.2 Å². The Morgan fingerprint density at radius 3 is 2.84 bits per heavy atom. The maximum Gasteiger partial charge on any atom is 0.134 e. The quantitative estimate of drug-likeness (QED) is 0.865. The van der Waals surface area contributed by atoms with Crippen LogP contribution in [-0.4, -0.2) is 12.6 Å². The van der Waals surface area contributed by atoms with Crippen molar-refractivity contribution in [1.82, 2.24) is 5.32 Å². The zero-order valence-corrected chi connectivity index (χ0v) is 12.2. The summed E-state index contributed by atoms with van der Waals surface area (Å²) in [6.07, 6.45) is 2.68. The highest BCUT2D eigenvalue weighted by molar-refractivity contribution is 6.31. The van der Waals surface area contributed by atoms with Crippen LogP contribution >= 0.6 is 11.6 Å². The van der Waals surface area contributed by atoms with Gasteiger partial charge in [-0.1, -0.05) is 25.4 Å². The van der Waals surface area contributed by atoms with E-state index in [-0.39, 0.29) is 0 Å². The molecule has 1 aliphatic carbocycles. The molecule has 1 aromatic carbocycles. The number of furan rings is 1. The molecule has 2 atom stereocenters. The summed E-state index contributed by atoms with van der Waals surface area (Å²) in [5.41, 5.74) is 0.925. The molecule has 2 aromatic rings. The summed E-state index contributed by atoms with van der Waals surface area (Å²) < 4.78 is 5.94. The van der Waals surface area contributed by atoms with Crippen molar-refractivity contribution in [2.24, 2.45) is 5.92 Å². The number of halogens is 1. The molecular formula is C16H20ClNO. The maximum atomic E-state index is 6.01. The van der Waals surface area contributed by atoms with Crippen molar-refractivity contribution >= 4 is 22.6 Å². The molecule has 0 aliphatic heterocycles. The molecule has 0 saturated heterocycles. The maximum absolute atomic E-state index is 6.01. The Labute approximate surface area is 119 Å². The lowest BCUT2D eigenvalue weighted by atomic mass is 9.93. The Balaban J connectivity index is 1.74. The van der Waals surface area contributed by atoms with Crippen LogP contribution in [0.15, 0.2) is 28.7 Å². The van der Waals surface area contributed by atoms with Gasteiger partial charge in [-0.3, -0.25) is 0 Å². The van der Waals surface area contributed by atoms with Crippen molar-refractivity contribution in [3.05, 3.63) is 35.0 Å². The van der Waals surface area contributed by atoms with Gasteiger partial charge in [0.25, 0.3) is 0 Å². The van der Waals surface area contributed by atoms with Gasteiger partial charge in [-0.25, -0.2) is 0 Å². The predicted molar refractivity (Wildman–Crippen MR) is 79.8 cm³/mol. The van der Waals surface area contributed by atoms with Crippen LogP contribution in [0.5, 0.6) is 0 Å². The Bertz CT molecular complexity index is 573. The first-order valence-corrected chi connectivity index (χ1v) is 7.43. The van der Waals surface area contributed by atoms with Crippen LogP contribution in [0.4, 0.5) is 0 Å². The van der Waals surface area contributed by atoms with Gasteiger partial charge >= 0.3 is 0 Å². The zero-order chi connectivity index (χ0) is 13.4. The van der Waals surface area contributed by atoms with Crippen molar-refractivity contribution in [2.75, 3.05) is 6.54 Å². The molecule has 19 heavy (non-hydrogen) atoms. The Morgan fingerprint density at radius 2 is 2.11 bits per heavy atom. The number of benzene rings is 1. The summed E-state index contributed by atoms with van der Waals surface area (Å²) in [5.74, 6) is 2.04. The van der Waals surface area contributed by atoms with E-state index in [1.165, 1.54) is 12.8 Å². The number of hydrogen-bond acceptors (Lipinski definition) is 2. The van der Waals surface area contributed by atoms with Gasteiger partial charge in [-0.05, 0) is 49.6 Å². The van der Waals surface area contributed by atoms with E-state index in [0.29, 0.717) is 11.8 Å². The first-order chi connectivity index (χ1) is 9.13. The first kappa shape index (κ1) is 13.0. The fraction of sp³-hybridized carbons (Fsp3) is 0.500. The molecule has 1 N–H and O–H groups in total. The Kier molecular flexibility index (Phi) is 3.55. The average Bonchev–Trinajstić information content (AvgIpc) is 3.13. The van der Waals surface area contributed by atoms with Gasteiger partial charge in [0.05, 0.1) is 0 Å². The first-order valence-electron chi connectivity index (χ1n) is 7.06. The van der Waals surface area contributed by atoms with Gasteiger partial charge in [0.2, 0.25) is 0 Å². The molecule has 2 nitrogen and oxygen atoms in total. The summed E-state index contributed by atoms with van der Waals surface area (Å²) in [7, 11) is 0. The lowest BCUT2D eigenvalue weighted by Crippen LogP contribution is -2.25. The van der Waals surface area contributed by atoms with Gasteiger partial charge in [-0.15, -0.1) is 0 Å². The lowest BCUT2D eigenvalue weighted by molar-refractivity contribution is 0.390. The third-order valence-corrected chi connectivity index (χ3v) is 4.34. The normalized spacial score (nSPS) is 18.7. The average molecular weight is 278 g/mol. The van der Waals surface area contributed by atoms with Gasteiger partial charge in [0.1, 0.15) is 11.3 Å². The third kappa shape index (κ3) is 2.96. The summed E-state index contributed by atoms with van der Waals surface area (Å²) >= 11 is 6.01. The van der Waals surface area contributed by atoms with Crippen LogP contribution in [0.2, 0.25) is 5.02 Å². The van der Waals surface area contributed by atoms with Gasteiger partial charge in [-0.2, -0.15) is 0 Å². The topological polar surface area (TPSA) is 25.2 Å².